The average Bonchev–Trinajstić information content (AvgIpc) is 2.60. The van der Waals surface area contributed by atoms with E-state index in [1.165, 1.54) is 0 Å². The topological polar surface area (TPSA) is 49.6 Å². The van der Waals surface area contributed by atoms with Crippen LogP contribution in [-0.2, 0) is 4.79 Å². The van der Waals surface area contributed by atoms with Gasteiger partial charge in [-0.3, -0.25) is 4.79 Å². The lowest BCUT2D eigenvalue weighted by molar-refractivity contribution is -0.131. The van der Waals surface area contributed by atoms with Gasteiger partial charge in [0.1, 0.15) is 0 Å². The highest BCUT2D eigenvalue weighted by atomic mass is 16.2. The van der Waals surface area contributed by atoms with Gasteiger partial charge in [0, 0.05) is 32.1 Å². The predicted octanol–water partition coefficient (Wildman–Crippen LogP) is 0.276. The number of carbonyl (C=O) groups is 1. The van der Waals surface area contributed by atoms with Gasteiger partial charge in [0.15, 0.2) is 0 Å². The van der Waals surface area contributed by atoms with Gasteiger partial charge in [-0.15, -0.1) is 0 Å². The molecule has 1 aliphatic heterocycles. The fraction of sp³-hybridized carbons (Fsp3) is 0.909. The molecule has 1 amide bonds. The van der Waals surface area contributed by atoms with Gasteiger partial charge in [0.05, 0.1) is 0 Å². The van der Waals surface area contributed by atoms with Crippen molar-refractivity contribution in [2.45, 2.75) is 38.3 Å². The second-order valence-corrected chi connectivity index (χ2v) is 4.73. The van der Waals surface area contributed by atoms with Crippen molar-refractivity contribution >= 4 is 5.91 Å². The maximum atomic E-state index is 11.8. The third-order valence-corrected chi connectivity index (χ3v) is 3.12. The second-order valence-electron chi connectivity index (χ2n) is 4.73. The van der Waals surface area contributed by atoms with Crippen LogP contribution in [0, 0.1) is 0 Å². The molecule has 0 saturated carbocycles. The van der Waals surface area contributed by atoms with Gasteiger partial charge in [-0.1, -0.05) is 0 Å². The number of hydrogen-bond donors (Lipinski definition) is 1. The van der Waals surface area contributed by atoms with Gasteiger partial charge in [0.2, 0.25) is 5.91 Å². The fourth-order valence-electron chi connectivity index (χ4n) is 1.96. The summed E-state index contributed by atoms with van der Waals surface area (Å²) in [6.45, 7) is 4.03. The number of nitrogens with two attached hydrogens (primary N) is 1. The zero-order chi connectivity index (χ0) is 11.4. The maximum Gasteiger partial charge on any atom is 0.222 e. The van der Waals surface area contributed by atoms with Gasteiger partial charge in [0.25, 0.3) is 0 Å². The molecule has 1 heterocycles. The molecule has 15 heavy (non-hydrogen) atoms. The summed E-state index contributed by atoms with van der Waals surface area (Å²) >= 11 is 0. The van der Waals surface area contributed by atoms with E-state index in [1.807, 2.05) is 18.9 Å². The minimum atomic E-state index is 0.119. The van der Waals surface area contributed by atoms with Crippen molar-refractivity contribution in [3.63, 3.8) is 0 Å². The van der Waals surface area contributed by atoms with Crippen LogP contribution in [-0.4, -0.2) is 55.0 Å². The van der Waals surface area contributed by atoms with E-state index in [0.29, 0.717) is 12.5 Å². The first-order chi connectivity index (χ1) is 7.00. The highest BCUT2D eigenvalue weighted by molar-refractivity contribution is 5.76. The molecule has 88 valence electrons. The van der Waals surface area contributed by atoms with Crippen molar-refractivity contribution < 1.29 is 4.79 Å². The first-order valence-corrected chi connectivity index (χ1v) is 5.70. The summed E-state index contributed by atoms with van der Waals surface area (Å²) in [5.74, 6) is 0.229. The Balaban J connectivity index is 2.32. The molecule has 0 radical (unpaired) electrons. The van der Waals surface area contributed by atoms with Crippen LogP contribution in [0.15, 0.2) is 0 Å². The molecule has 1 rings (SSSR count). The number of amides is 1. The summed E-state index contributed by atoms with van der Waals surface area (Å²) in [6.07, 6.45) is 2.46. The Kier molecular flexibility index (Phi) is 4.54. The molecule has 2 atom stereocenters. The summed E-state index contributed by atoms with van der Waals surface area (Å²) < 4.78 is 0. The molecule has 0 aromatic carbocycles. The summed E-state index contributed by atoms with van der Waals surface area (Å²) in [5, 5.41) is 0. The average molecular weight is 213 g/mol. The van der Waals surface area contributed by atoms with Gasteiger partial charge >= 0.3 is 0 Å². The third-order valence-electron chi connectivity index (χ3n) is 3.12. The van der Waals surface area contributed by atoms with E-state index in [9.17, 15) is 4.79 Å². The van der Waals surface area contributed by atoms with Crippen molar-refractivity contribution in [1.29, 1.82) is 0 Å². The lowest BCUT2D eigenvalue weighted by atomic mass is 10.1. The van der Waals surface area contributed by atoms with Crippen LogP contribution in [0.5, 0.6) is 0 Å². The van der Waals surface area contributed by atoms with Crippen molar-refractivity contribution in [3.8, 4) is 0 Å². The van der Waals surface area contributed by atoms with Gasteiger partial charge in [-0.25, -0.2) is 0 Å². The van der Waals surface area contributed by atoms with Crippen molar-refractivity contribution in [3.05, 3.63) is 0 Å². The van der Waals surface area contributed by atoms with Crippen LogP contribution in [0.3, 0.4) is 0 Å². The quantitative estimate of drug-likeness (QED) is 0.729. The number of likely N-dealkylation sites (N-methyl/N-ethyl adjacent to an activating group) is 2. The molecule has 0 bridgehead atoms. The van der Waals surface area contributed by atoms with E-state index >= 15 is 0 Å². The van der Waals surface area contributed by atoms with E-state index in [1.54, 1.807) is 0 Å². The molecule has 1 aliphatic rings. The first kappa shape index (κ1) is 12.5. The van der Waals surface area contributed by atoms with E-state index in [-0.39, 0.29) is 11.9 Å². The molecule has 2 N–H and O–H groups in total. The first-order valence-electron chi connectivity index (χ1n) is 5.70. The standard InChI is InChI=1S/C11H23N3O/c1-9(12)4-5-11(15)14(3)10-6-7-13(2)8-10/h9-10H,4-8,12H2,1-3H3. The molecule has 2 unspecified atom stereocenters. The molecule has 0 aromatic heterocycles. The monoisotopic (exact) mass is 213 g/mol. The number of nitrogens with zero attached hydrogens (tertiary/aromatic N) is 2. The van der Waals surface area contributed by atoms with E-state index in [2.05, 4.69) is 11.9 Å². The summed E-state index contributed by atoms with van der Waals surface area (Å²) in [4.78, 5) is 16.0. The molecule has 0 aromatic rings. The number of rotatable bonds is 4. The summed E-state index contributed by atoms with van der Waals surface area (Å²) in [5.41, 5.74) is 5.64. The highest BCUT2D eigenvalue weighted by Crippen LogP contribution is 2.13. The second kappa shape index (κ2) is 5.47. The van der Waals surface area contributed by atoms with Gasteiger partial charge < -0.3 is 15.5 Å². The van der Waals surface area contributed by atoms with Crippen molar-refractivity contribution in [1.82, 2.24) is 9.80 Å². The van der Waals surface area contributed by atoms with Crippen molar-refractivity contribution in [2.24, 2.45) is 5.73 Å². The molecule has 4 heteroatoms. The van der Waals surface area contributed by atoms with Gasteiger partial charge in [-0.05, 0) is 33.4 Å². The Morgan fingerprint density at radius 1 is 1.67 bits per heavy atom. The number of hydrogen-bond acceptors (Lipinski definition) is 3. The zero-order valence-electron chi connectivity index (χ0n) is 10.1. The Bertz CT molecular complexity index is 218. The Labute approximate surface area is 92.4 Å². The largest absolute Gasteiger partial charge is 0.341 e. The predicted molar refractivity (Wildman–Crippen MR) is 61.6 cm³/mol. The Morgan fingerprint density at radius 2 is 2.33 bits per heavy atom. The van der Waals surface area contributed by atoms with Crippen LogP contribution in [0.1, 0.15) is 26.2 Å². The normalized spacial score (nSPS) is 24.1. The smallest absolute Gasteiger partial charge is 0.222 e. The molecular weight excluding hydrogens is 190 g/mol. The third kappa shape index (κ3) is 3.80. The van der Waals surface area contributed by atoms with Crippen LogP contribution in [0.2, 0.25) is 0 Å². The summed E-state index contributed by atoms with van der Waals surface area (Å²) in [6, 6.07) is 0.518. The minimum absolute atomic E-state index is 0.119. The van der Waals surface area contributed by atoms with E-state index in [4.69, 9.17) is 5.73 Å². The lowest BCUT2D eigenvalue weighted by Crippen LogP contribution is -2.39. The Hall–Kier alpha value is -0.610. The molecule has 0 spiro atoms. The SMILES string of the molecule is CC(N)CCC(=O)N(C)C1CCN(C)C1. The van der Waals surface area contributed by atoms with Crippen LogP contribution in [0.4, 0.5) is 0 Å². The zero-order valence-corrected chi connectivity index (χ0v) is 10.1. The maximum absolute atomic E-state index is 11.8. The Morgan fingerprint density at radius 3 is 2.80 bits per heavy atom. The van der Waals surface area contributed by atoms with Gasteiger partial charge in [-0.2, -0.15) is 0 Å². The fourth-order valence-corrected chi connectivity index (χ4v) is 1.96. The molecular formula is C11H23N3O. The number of likely N-dealkylation sites (tertiary alicyclic amines) is 1. The minimum Gasteiger partial charge on any atom is -0.341 e. The number of carbonyl (C=O) groups excluding carboxylic acids is 1. The van der Waals surface area contributed by atoms with Crippen LogP contribution in [0.25, 0.3) is 0 Å². The van der Waals surface area contributed by atoms with E-state index < -0.39 is 0 Å². The molecule has 1 saturated heterocycles. The summed E-state index contributed by atoms with van der Waals surface area (Å²) in [7, 11) is 4.01. The lowest BCUT2D eigenvalue weighted by Gasteiger charge is -2.24. The molecule has 4 nitrogen and oxygen atoms in total. The van der Waals surface area contributed by atoms with Crippen LogP contribution >= 0.6 is 0 Å². The van der Waals surface area contributed by atoms with Crippen LogP contribution < -0.4 is 5.73 Å². The van der Waals surface area contributed by atoms with Crippen molar-refractivity contribution in [2.75, 3.05) is 27.2 Å². The highest BCUT2D eigenvalue weighted by Gasteiger charge is 2.25. The van der Waals surface area contributed by atoms with E-state index in [0.717, 1.165) is 25.9 Å². The molecule has 0 aliphatic carbocycles. The molecule has 1 fully saturated rings.